The van der Waals surface area contributed by atoms with Crippen LogP contribution in [0.3, 0.4) is 0 Å². The Balaban J connectivity index is 1.98. The van der Waals surface area contributed by atoms with Crippen LogP contribution in [0, 0.1) is 0 Å². The Labute approximate surface area is 147 Å². The molecule has 2 aromatic carbocycles. The smallest absolute Gasteiger partial charge is 0.251 e. The molecule has 0 fully saturated rings. The number of halogens is 1. The Bertz CT molecular complexity index is 726. The molecule has 0 aromatic heterocycles. The highest BCUT2D eigenvalue weighted by Crippen LogP contribution is 2.18. The van der Waals surface area contributed by atoms with Gasteiger partial charge in [0.2, 0.25) is 5.91 Å². The quantitative estimate of drug-likeness (QED) is 0.853. The van der Waals surface area contributed by atoms with Gasteiger partial charge in [-0.05, 0) is 54.8 Å². The molecular formula is C19H21ClN2O2. The van der Waals surface area contributed by atoms with E-state index in [9.17, 15) is 9.59 Å². The van der Waals surface area contributed by atoms with Gasteiger partial charge >= 0.3 is 0 Å². The molecule has 24 heavy (non-hydrogen) atoms. The van der Waals surface area contributed by atoms with Crippen molar-refractivity contribution in [3.8, 4) is 0 Å². The average Bonchev–Trinajstić information content (AvgIpc) is 2.55. The number of benzene rings is 2. The van der Waals surface area contributed by atoms with Crippen LogP contribution in [-0.4, -0.2) is 17.9 Å². The topological polar surface area (TPSA) is 58.2 Å². The molecule has 0 radical (unpaired) electrons. The molecule has 0 unspecified atom stereocenters. The lowest BCUT2D eigenvalue weighted by Gasteiger charge is -2.15. The second-order valence-electron chi connectivity index (χ2n) is 5.97. The standard InChI is InChI=1S/C19H21ClN2O2/c1-12(2)15-5-4-6-17(11-15)22-18(23)13(3)21-19(24)14-7-9-16(20)10-8-14/h4-13H,1-3H3,(H,21,24)(H,22,23)/t13-/m0/s1. The average molecular weight is 345 g/mol. The normalized spacial score (nSPS) is 11.9. The Kier molecular flexibility index (Phi) is 5.99. The zero-order valence-electron chi connectivity index (χ0n) is 14.0. The summed E-state index contributed by atoms with van der Waals surface area (Å²) >= 11 is 5.80. The van der Waals surface area contributed by atoms with Crippen molar-refractivity contribution in [1.82, 2.24) is 5.32 Å². The number of carbonyl (C=O) groups is 2. The van der Waals surface area contributed by atoms with Gasteiger partial charge in [-0.25, -0.2) is 0 Å². The number of hydrogen-bond acceptors (Lipinski definition) is 2. The summed E-state index contributed by atoms with van der Waals surface area (Å²) in [6.07, 6.45) is 0. The second-order valence-corrected chi connectivity index (χ2v) is 6.41. The van der Waals surface area contributed by atoms with Crippen molar-refractivity contribution < 1.29 is 9.59 Å². The Morgan fingerprint density at radius 3 is 2.29 bits per heavy atom. The molecule has 2 amide bonds. The van der Waals surface area contributed by atoms with Gasteiger partial charge in [0.1, 0.15) is 6.04 Å². The minimum atomic E-state index is -0.657. The van der Waals surface area contributed by atoms with Crippen LogP contribution >= 0.6 is 11.6 Å². The first-order valence-corrected chi connectivity index (χ1v) is 8.22. The summed E-state index contributed by atoms with van der Waals surface area (Å²) in [5.74, 6) is -0.202. The number of rotatable bonds is 5. The van der Waals surface area contributed by atoms with Crippen LogP contribution in [0.25, 0.3) is 0 Å². The summed E-state index contributed by atoms with van der Waals surface area (Å²) in [6, 6.07) is 13.6. The molecule has 5 heteroatoms. The minimum Gasteiger partial charge on any atom is -0.341 e. The molecule has 2 aromatic rings. The van der Waals surface area contributed by atoms with Crippen molar-refractivity contribution >= 4 is 29.1 Å². The van der Waals surface area contributed by atoms with Crippen LogP contribution in [0.15, 0.2) is 48.5 Å². The molecule has 0 bridgehead atoms. The van der Waals surface area contributed by atoms with Crippen molar-refractivity contribution in [2.24, 2.45) is 0 Å². The van der Waals surface area contributed by atoms with Gasteiger partial charge in [0.15, 0.2) is 0 Å². The van der Waals surface area contributed by atoms with Gasteiger partial charge in [0, 0.05) is 16.3 Å². The van der Waals surface area contributed by atoms with Crippen molar-refractivity contribution in [2.45, 2.75) is 32.7 Å². The van der Waals surface area contributed by atoms with Gasteiger partial charge in [-0.3, -0.25) is 9.59 Å². The number of amides is 2. The second kappa shape index (κ2) is 7.97. The highest BCUT2D eigenvalue weighted by molar-refractivity contribution is 6.30. The summed E-state index contributed by atoms with van der Waals surface area (Å²) in [5, 5.41) is 6.06. The molecule has 1 atom stereocenters. The van der Waals surface area contributed by atoms with Crippen molar-refractivity contribution in [1.29, 1.82) is 0 Å². The molecule has 2 rings (SSSR count). The van der Waals surface area contributed by atoms with Gasteiger partial charge in [0.25, 0.3) is 5.91 Å². The maximum Gasteiger partial charge on any atom is 0.251 e. The van der Waals surface area contributed by atoms with Gasteiger partial charge < -0.3 is 10.6 Å². The molecule has 4 nitrogen and oxygen atoms in total. The molecule has 0 spiro atoms. The summed E-state index contributed by atoms with van der Waals surface area (Å²) in [5.41, 5.74) is 2.32. The molecule has 0 saturated carbocycles. The van der Waals surface area contributed by atoms with E-state index in [1.54, 1.807) is 31.2 Å². The maximum absolute atomic E-state index is 12.3. The predicted molar refractivity (Wildman–Crippen MR) is 97.5 cm³/mol. The molecular weight excluding hydrogens is 324 g/mol. The maximum atomic E-state index is 12.3. The van der Waals surface area contributed by atoms with Crippen molar-refractivity contribution in [2.75, 3.05) is 5.32 Å². The van der Waals surface area contributed by atoms with Crippen LogP contribution in [-0.2, 0) is 4.79 Å². The predicted octanol–water partition coefficient (Wildman–Crippen LogP) is 4.22. The monoisotopic (exact) mass is 344 g/mol. The van der Waals surface area contributed by atoms with Crippen LogP contribution < -0.4 is 10.6 Å². The first kappa shape index (κ1) is 18.0. The van der Waals surface area contributed by atoms with Gasteiger partial charge in [0.05, 0.1) is 0 Å². The Hall–Kier alpha value is -2.33. The molecule has 126 valence electrons. The molecule has 2 N–H and O–H groups in total. The molecule has 0 aliphatic carbocycles. The lowest BCUT2D eigenvalue weighted by atomic mass is 10.0. The van der Waals surface area contributed by atoms with E-state index in [4.69, 9.17) is 11.6 Å². The van der Waals surface area contributed by atoms with E-state index in [-0.39, 0.29) is 11.8 Å². The fraction of sp³-hybridized carbons (Fsp3) is 0.263. The van der Waals surface area contributed by atoms with E-state index in [1.165, 1.54) is 0 Å². The van der Waals surface area contributed by atoms with Crippen molar-refractivity contribution in [3.05, 3.63) is 64.7 Å². The van der Waals surface area contributed by atoms with Crippen LogP contribution in [0.5, 0.6) is 0 Å². The van der Waals surface area contributed by atoms with E-state index in [0.29, 0.717) is 16.5 Å². The van der Waals surface area contributed by atoms with E-state index >= 15 is 0 Å². The first-order chi connectivity index (χ1) is 11.4. The van der Waals surface area contributed by atoms with E-state index in [2.05, 4.69) is 24.5 Å². The largest absolute Gasteiger partial charge is 0.341 e. The lowest BCUT2D eigenvalue weighted by Crippen LogP contribution is -2.41. The third-order valence-corrected chi connectivity index (χ3v) is 3.92. The highest BCUT2D eigenvalue weighted by atomic mass is 35.5. The Morgan fingerprint density at radius 2 is 1.67 bits per heavy atom. The van der Waals surface area contributed by atoms with Crippen LogP contribution in [0.1, 0.15) is 42.6 Å². The third kappa shape index (κ3) is 4.83. The summed E-state index contributed by atoms with van der Waals surface area (Å²) in [6.45, 7) is 5.83. The number of anilines is 1. The zero-order valence-corrected chi connectivity index (χ0v) is 14.7. The first-order valence-electron chi connectivity index (χ1n) is 7.84. The van der Waals surface area contributed by atoms with Crippen LogP contribution in [0.2, 0.25) is 5.02 Å². The molecule has 0 saturated heterocycles. The SMILES string of the molecule is CC(C)c1cccc(NC(=O)[C@H](C)NC(=O)c2ccc(Cl)cc2)c1. The number of hydrogen-bond donors (Lipinski definition) is 2. The highest BCUT2D eigenvalue weighted by Gasteiger charge is 2.17. The van der Waals surface area contributed by atoms with Gasteiger partial charge in [-0.2, -0.15) is 0 Å². The van der Waals surface area contributed by atoms with E-state index in [0.717, 1.165) is 11.3 Å². The Morgan fingerprint density at radius 1 is 1.00 bits per heavy atom. The fourth-order valence-corrected chi connectivity index (χ4v) is 2.30. The lowest BCUT2D eigenvalue weighted by molar-refractivity contribution is -0.117. The molecule has 0 aliphatic rings. The minimum absolute atomic E-state index is 0.266. The summed E-state index contributed by atoms with van der Waals surface area (Å²) < 4.78 is 0. The van der Waals surface area contributed by atoms with E-state index in [1.807, 2.05) is 24.3 Å². The molecule has 0 aliphatic heterocycles. The van der Waals surface area contributed by atoms with Crippen LogP contribution in [0.4, 0.5) is 5.69 Å². The van der Waals surface area contributed by atoms with Gasteiger partial charge in [-0.1, -0.05) is 37.6 Å². The fourth-order valence-electron chi connectivity index (χ4n) is 2.17. The van der Waals surface area contributed by atoms with E-state index < -0.39 is 6.04 Å². The number of carbonyl (C=O) groups excluding carboxylic acids is 2. The van der Waals surface area contributed by atoms with Crippen molar-refractivity contribution in [3.63, 3.8) is 0 Å². The summed E-state index contributed by atoms with van der Waals surface area (Å²) in [4.78, 5) is 24.4. The third-order valence-electron chi connectivity index (χ3n) is 3.67. The van der Waals surface area contributed by atoms with Gasteiger partial charge in [-0.15, -0.1) is 0 Å². The molecule has 0 heterocycles. The summed E-state index contributed by atoms with van der Waals surface area (Å²) in [7, 11) is 0. The zero-order chi connectivity index (χ0) is 17.7. The number of nitrogens with one attached hydrogen (secondary N) is 2.